The van der Waals surface area contributed by atoms with E-state index in [1.165, 1.54) is 0 Å². The number of carbonyl (C=O) groups excluding carboxylic acids is 2. The Morgan fingerprint density at radius 3 is 1.38 bits per heavy atom. The molecule has 5 rings (SSSR count). The predicted molar refractivity (Wildman–Crippen MR) is 106 cm³/mol. The molecule has 0 fully saturated rings. The Morgan fingerprint density at radius 2 is 0.958 bits per heavy atom. The van der Waals surface area contributed by atoms with Gasteiger partial charge in [0, 0.05) is 31.7 Å². The van der Waals surface area contributed by atoms with Gasteiger partial charge in [0.05, 0.1) is 7.57 Å². The third kappa shape index (κ3) is 2.03. The third-order valence-corrected chi connectivity index (χ3v) is 7.43. The molecule has 0 atom stereocenters. The zero-order valence-electron chi connectivity index (χ0n) is 11.9. The van der Waals surface area contributed by atoms with Crippen molar-refractivity contribution >= 4 is 86.3 Å². The number of rotatable bonds is 0. The second kappa shape index (κ2) is 5.08. The van der Waals surface area contributed by atoms with Crippen molar-refractivity contribution in [2.24, 2.45) is 0 Å². The molecule has 0 radical (unpaired) electrons. The molecule has 1 aliphatic carbocycles. The van der Waals surface area contributed by atoms with E-state index < -0.39 is 0 Å². The number of hydrogen-bond acceptors (Lipinski definition) is 4. The van der Waals surface area contributed by atoms with Crippen LogP contribution in [0.4, 0.5) is 0 Å². The van der Waals surface area contributed by atoms with Gasteiger partial charge in [-0.1, -0.05) is 0 Å². The summed E-state index contributed by atoms with van der Waals surface area (Å²) >= 11 is 10.1. The highest BCUT2D eigenvalue weighted by Crippen LogP contribution is 2.38. The minimum absolute atomic E-state index is 0.0718. The lowest BCUT2D eigenvalue weighted by molar-refractivity contribution is 0.0979. The van der Waals surface area contributed by atoms with Crippen molar-refractivity contribution in [3.8, 4) is 0 Å². The van der Waals surface area contributed by atoms with E-state index in [0.29, 0.717) is 22.3 Å². The molecule has 2 aromatic heterocycles. The summed E-state index contributed by atoms with van der Waals surface area (Å²) in [6.45, 7) is 0. The van der Waals surface area contributed by atoms with Gasteiger partial charge in [0.1, 0.15) is 0 Å². The van der Waals surface area contributed by atoms with Gasteiger partial charge in [-0.15, -0.1) is 22.7 Å². The second-order valence-corrected chi connectivity index (χ2v) is 10.6. The lowest BCUT2D eigenvalue weighted by Crippen LogP contribution is -2.20. The van der Waals surface area contributed by atoms with Crippen LogP contribution in [0.1, 0.15) is 31.8 Å². The Balaban J connectivity index is 1.83. The van der Waals surface area contributed by atoms with Crippen LogP contribution in [0.3, 0.4) is 0 Å². The highest BCUT2D eigenvalue weighted by molar-refractivity contribution is 9.11. The molecule has 0 unspecified atom stereocenters. The number of fused-ring (bicyclic) bond motifs is 4. The lowest BCUT2D eigenvalue weighted by atomic mass is 9.83. The van der Waals surface area contributed by atoms with Crippen molar-refractivity contribution in [3.63, 3.8) is 0 Å². The normalized spacial score (nSPS) is 13.6. The topological polar surface area (TPSA) is 34.1 Å². The first-order valence-corrected chi connectivity index (χ1v) is 10.3. The number of carbonyl (C=O) groups is 2. The molecule has 1 aliphatic rings. The molecule has 0 bridgehead atoms. The molecule has 24 heavy (non-hydrogen) atoms. The molecule has 0 saturated heterocycles. The minimum Gasteiger partial charge on any atom is -0.289 e. The number of ketones is 2. The maximum absolute atomic E-state index is 13.0. The SMILES string of the molecule is O=C1c2cc3cc(Br)sc3cc2C(=O)c2cc3sc(Br)cc3cc21. The van der Waals surface area contributed by atoms with Crippen LogP contribution >= 0.6 is 54.5 Å². The first-order valence-electron chi connectivity index (χ1n) is 7.07. The van der Waals surface area contributed by atoms with Crippen LogP contribution in [0.15, 0.2) is 44.0 Å². The van der Waals surface area contributed by atoms with Gasteiger partial charge in [-0.05, 0) is 79.0 Å². The highest BCUT2D eigenvalue weighted by Gasteiger charge is 2.31. The molecule has 116 valence electrons. The molecule has 2 aromatic carbocycles. The Labute approximate surface area is 161 Å². The van der Waals surface area contributed by atoms with E-state index >= 15 is 0 Å². The largest absolute Gasteiger partial charge is 0.289 e. The summed E-state index contributed by atoms with van der Waals surface area (Å²) < 4.78 is 3.99. The molecule has 0 amide bonds. The standard InChI is InChI=1S/C18H6Br2O2S2/c19-15-3-7-1-9-11(5-13(7)23-15)18(22)12-6-14-8(4-16(20)24-14)2-10(12)17(9)21/h1-6H. The van der Waals surface area contributed by atoms with E-state index in [2.05, 4.69) is 31.9 Å². The van der Waals surface area contributed by atoms with Crippen LogP contribution in [0.5, 0.6) is 0 Å². The maximum Gasteiger partial charge on any atom is 0.194 e. The fourth-order valence-electron chi connectivity index (χ4n) is 3.15. The summed E-state index contributed by atoms with van der Waals surface area (Å²) in [5.74, 6) is -0.148. The molecule has 4 aromatic rings. The molecular formula is C18H6Br2O2S2. The molecule has 0 saturated carbocycles. The predicted octanol–water partition coefficient (Wildman–Crippen LogP) is 6.42. The first-order chi connectivity index (χ1) is 11.5. The van der Waals surface area contributed by atoms with Crippen LogP contribution in [0, 0.1) is 0 Å². The Bertz CT molecular complexity index is 1030. The van der Waals surface area contributed by atoms with Gasteiger partial charge in [-0.25, -0.2) is 0 Å². The molecule has 2 nitrogen and oxygen atoms in total. The summed E-state index contributed by atoms with van der Waals surface area (Å²) in [5, 5.41) is 1.96. The fraction of sp³-hybridized carbons (Fsp3) is 0. The number of hydrogen-bond donors (Lipinski definition) is 0. The number of halogens is 2. The van der Waals surface area contributed by atoms with Crippen molar-refractivity contribution in [1.82, 2.24) is 0 Å². The molecule has 2 heterocycles. The van der Waals surface area contributed by atoms with E-state index in [1.54, 1.807) is 22.7 Å². The lowest BCUT2D eigenvalue weighted by Gasteiger charge is -2.17. The quantitative estimate of drug-likeness (QED) is 0.258. The summed E-state index contributed by atoms with van der Waals surface area (Å²) in [7, 11) is 0. The van der Waals surface area contributed by atoms with Gasteiger partial charge in [0.15, 0.2) is 11.6 Å². The van der Waals surface area contributed by atoms with Crippen molar-refractivity contribution in [3.05, 3.63) is 66.2 Å². The number of benzene rings is 2. The smallest absolute Gasteiger partial charge is 0.194 e. The van der Waals surface area contributed by atoms with E-state index in [4.69, 9.17) is 0 Å². The van der Waals surface area contributed by atoms with Gasteiger partial charge in [-0.2, -0.15) is 0 Å². The summed E-state index contributed by atoms with van der Waals surface area (Å²) in [6.07, 6.45) is 0. The molecule has 0 N–H and O–H groups in total. The Hall–Kier alpha value is -1.34. The van der Waals surface area contributed by atoms with Gasteiger partial charge in [0.25, 0.3) is 0 Å². The van der Waals surface area contributed by atoms with Crippen LogP contribution < -0.4 is 0 Å². The molecule has 0 spiro atoms. The summed E-state index contributed by atoms with van der Waals surface area (Å²) in [4.78, 5) is 26.0. The van der Waals surface area contributed by atoms with E-state index in [9.17, 15) is 9.59 Å². The van der Waals surface area contributed by atoms with Gasteiger partial charge >= 0.3 is 0 Å². The van der Waals surface area contributed by atoms with Crippen molar-refractivity contribution in [2.75, 3.05) is 0 Å². The van der Waals surface area contributed by atoms with E-state index in [-0.39, 0.29) is 11.6 Å². The summed E-state index contributed by atoms with van der Waals surface area (Å²) in [6, 6.07) is 11.3. The van der Waals surface area contributed by atoms with Crippen LogP contribution in [0.2, 0.25) is 0 Å². The average molecular weight is 478 g/mol. The van der Waals surface area contributed by atoms with E-state index in [0.717, 1.165) is 27.7 Å². The monoisotopic (exact) mass is 476 g/mol. The van der Waals surface area contributed by atoms with Crippen molar-refractivity contribution in [2.45, 2.75) is 0 Å². The Kier molecular flexibility index (Phi) is 3.17. The van der Waals surface area contributed by atoms with Crippen LogP contribution in [0.25, 0.3) is 20.2 Å². The van der Waals surface area contributed by atoms with Gasteiger partial charge in [-0.3, -0.25) is 9.59 Å². The molecular weight excluding hydrogens is 472 g/mol. The average Bonchev–Trinajstić information content (AvgIpc) is 3.09. The maximum atomic E-state index is 13.0. The first kappa shape index (κ1) is 15.0. The Morgan fingerprint density at radius 1 is 0.583 bits per heavy atom. The van der Waals surface area contributed by atoms with Gasteiger partial charge < -0.3 is 0 Å². The zero-order valence-corrected chi connectivity index (χ0v) is 16.7. The fourth-order valence-corrected chi connectivity index (χ4v) is 6.31. The second-order valence-electron chi connectivity index (χ2n) is 5.63. The van der Waals surface area contributed by atoms with Crippen LogP contribution in [-0.2, 0) is 0 Å². The molecule has 0 aliphatic heterocycles. The minimum atomic E-state index is -0.0759. The van der Waals surface area contributed by atoms with E-state index in [1.807, 2.05) is 36.4 Å². The third-order valence-electron chi connectivity index (χ3n) is 4.23. The highest BCUT2D eigenvalue weighted by atomic mass is 79.9. The summed E-state index contributed by atoms with van der Waals surface area (Å²) in [5.41, 5.74) is 2.01. The van der Waals surface area contributed by atoms with Gasteiger partial charge in [0.2, 0.25) is 0 Å². The van der Waals surface area contributed by atoms with Crippen LogP contribution in [-0.4, -0.2) is 11.6 Å². The molecule has 6 heteroatoms. The van der Waals surface area contributed by atoms with Crippen molar-refractivity contribution < 1.29 is 9.59 Å². The zero-order chi connectivity index (χ0) is 16.6. The number of thiophene rings is 2. The van der Waals surface area contributed by atoms with Crippen molar-refractivity contribution in [1.29, 1.82) is 0 Å².